The summed E-state index contributed by atoms with van der Waals surface area (Å²) in [6.07, 6.45) is 0. The molecule has 4 nitrogen and oxygen atoms in total. The zero-order valence-corrected chi connectivity index (χ0v) is 11.9. The Morgan fingerprint density at radius 1 is 1.39 bits per heavy atom. The molecule has 98 valence electrons. The maximum atomic E-state index is 11.4. The summed E-state index contributed by atoms with van der Waals surface area (Å²) in [5, 5.41) is 6.48. The molecule has 0 bridgehead atoms. The molecule has 0 spiro atoms. The Morgan fingerprint density at radius 3 is 2.44 bits per heavy atom. The van der Waals surface area contributed by atoms with Crippen LogP contribution in [0.3, 0.4) is 0 Å². The number of carbonyl (C=O) groups is 1. The maximum Gasteiger partial charge on any atom is 0.354 e. The minimum Gasteiger partial charge on any atom is -0.461 e. The lowest BCUT2D eigenvalue weighted by Crippen LogP contribution is -2.20. The number of hydrogen-bond donors (Lipinski definition) is 0. The van der Waals surface area contributed by atoms with Crippen LogP contribution < -0.4 is 5.01 Å². The summed E-state index contributed by atoms with van der Waals surface area (Å²) >= 11 is 12.1. The summed E-state index contributed by atoms with van der Waals surface area (Å²) in [5.41, 5.74) is 0.778. The molecular weight excluding hydrogens is 275 g/mol. The highest BCUT2D eigenvalue weighted by Gasteiger charge is 2.12. The smallest absolute Gasteiger partial charge is 0.354 e. The summed E-state index contributed by atoms with van der Waals surface area (Å²) in [6.45, 7) is 3.61. The van der Waals surface area contributed by atoms with Crippen LogP contribution in [0.5, 0.6) is 0 Å². The summed E-state index contributed by atoms with van der Waals surface area (Å²) in [7, 11) is 1.66. The molecule has 6 heteroatoms. The molecule has 0 heterocycles. The molecule has 0 aliphatic carbocycles. The van der Waals surface area contributed by atoms with Crippen molar-refractivity contribution in [3.05, 3.63) is 28.2 Å². The standard InChI is InChI=1S/C12H14Cl2N2O2/c1-4-18-12(17)8(2)15-16(3)11-9(13)6-5-7-10(11)14/h5-7H,4H2,1-3H3/b15-8+. The van der Waals surface area contributed by atoms with Gasteiger partial charge >= 0.3 is 5.97 Å². The molecule has 1 aromatic carbocycles. The van der Waals surface area contributed by atoms with E-state index in [4.69, 9.17) is 27.9 Å². The van der Waals surface area contributed by atoms with Crippen LogP contribution in [0, 0.1) is 0 Å². The van der Waals surface area contributed by atoms with Gasteiger partial charge in [0.1, 0.15) is 5.71 Å². The number of hydrazone groups is 1. The molecule has 18 heavy (non-hydrogen) atoms. The molecular formula is C12H14Cl2N2O2. The van der Waals surface area contributed by atoms with Gasteiger partial charge in [-0.1, -0.05) is 29.3 Å². The number of para-hydroxylation sites is 1. The summed E-state index contributed by atoms with van der Waals surface area (Å²) in [4.78, 5) is 11.4. The molecule has 0 amide bonds. The van der Waals surface area contributed by atoms with Crippen LogP contribution in [-0.4, -0.2) is 25.3 Å². The Labute approximate surface area is 116 Å². The second-order valence-corrected chi connectivity index (χ2v) is 4.31. The van der Waals surface area contributed by atoms with Gasteiger partial charge in [-0.25, -0.2) is 4.79 Å². The minimum atomic E-state index is -0.465. The van der Waals surface area contributed by atoms with E-state index in [0.29, 0.717) is 22.3 Å². The van der Waals surface area contributed by atoms with Crippen molar-refractivity contribution in [1.29, 1.82) is 0 Å². The molecule has 0 atom stereocenters. The highest BCUT2D eigenvalue weighted by molar-refractivity contribution is 6.39. The molecule has 1 aromatic rings. The van der Waals surface area contributed by atoms with Crippen LogP contribution in [-0.2, 0) is 9.53 Å². The largest absolute Gasteiger partial charge is 0.461 e. The number of hydrogen-bond acceptors (Lipinski definition) is 4. The first-order valence-electron chi connectivity index (χ1n) is 5.37. The SMILES string of the molecule is CCOC(=O)/C(C)=N/N(C)c1c(Cl)cccc1Cl. The number of carbonyl (C=O) groups excluding carboxylic acids is 1. The van der Waals surface area contributed by atoms with Gasteiger partial charge in [-0.3, -0.25) is 5.01 Å². The van der Waals surface area contributed by atoms with Crippen LogP contribution in [0.4, 0.5) is 5.69 Å². The minimum absolute atomic E-state index is 0.232. The topological polar surface area (TPSA) is 41.9 Å². The number of benzene rings is 1. The highest BCUT2D eigenvalue weighted by Crippen LogP contribution is 2.32. The number of esters is 1. The Morgan fingerprint density at radius 2 is 1.94 bits per heavy atom. The zero-order chi connectivity index (χ0) is 13.7. The van der Waals surface area contributed by atoms with E-state index in [-0.39, 0.29) is 5.71 Å². The van der Waals surface area contributed by atoms with Crippen molar-refractivity contribution in [3.63, 3.8) is 0 Å². The quantitative estimate of drug-likeness (QED) is 0.485. The van der Waals surface area contributed by atoms with Crippen molar-refractivity contribution in [1.82, 2.24) is 0 Å². The molecule has 0 fully saturated rings. The van der Waals surface area contributed by atoms with E-state index >= 15 is 0 Å². The third-order valence-corrected chi connectivity index (χ3v) is 2.74. The number of anilines is 1. The van der Waals surface area contributed by atoms with Crippen LogP contribution >= 0.6 is 23.2 Å². The van der Waals surface area contributed by atoms with E-state index < -0.39 is 5.97 Å². The summed E-state index contributed by atoms with van der Waals surface area (Å²) in [5.74, 6) is -0.465. The molecule has 0 unspecified atom stereocenters. The van der Waals surface area contributed by atoms with Gasteiger partial charge in [0.2, 0.25) is 0 Å². The average Bonchev–Trinajstić information content (AvgIpc) is 2.28. The second kappa shape index (κ2) is 6.61. The van der Waals surface area contributed by atoms with Gasteiger partial charge in [0, 0.05) is 7.05 Å². The van der Waals surface area contributed by atoms with Crippen molar-refractivity contribution < 1.29 is 9.53 Å². The Balaban J connectivity index is 2.98. The third kappa shape index (κ3) is 3.62. The Kier molecular flexibility index (Phi) is 5.44. The average molecular weight is 289 g/mol. The van der Waals surface area contributed by atoms with Crippen molar-refractivity contribution in [2.45, 2.75) is 13.8 Å². The van der Waals surface area contributed by atoms with E-state index in [0.717, 1.165) is 0 Å². The fourth-order valence-corrected chi connectivity index (χ4v) is 1.99. The molecule has 1 rings (SSSR count). The number of halogens is 2. The Bertz CT molecular complexity index is 455. The van der Waals surface area contributed by atoms with Gasteiger partial charge in [0.25, 0.3) is 0 Å². The van der Waals surface area contributed by atoms with Gasteiger partial charge in [-0.05, 0) is 26.0 Å². The molecule has 0 aromatic heterocycles. The van der Waals surface area contributed by atoms with E-state index in [2.05, 4.69) is 5.10 Å². The monoisotopic (exact) mass is 288 g/mol. The van der Waals surface area contributed by atoms with E-state index in [1.807, 2.05) is 0 Å². The maximum absolute atomic E-state index is 11.4. The second-order valence-electron chi connectivity index (χ2n) is 3.50. The van der Waals surface area contributed by atoms with Crippen LogP contribution in [0.1, 0.15) is 13.8 Å². The van der Waals surface area contributed by atoms with Crippen LogP contribution in [0.25, 0.3) is 0 Å². The molecule has 0 aliphatic rings. The summed E-state index contributed by atoms with van der Waals surface area (Å²) < 4.78 is 4.84. The fraction of sp³-hybridized carbons (Fsp3) is 0.333. The zero-order valence-electron chi connectivity index (χ0n) is 10.4. The third-order valence-electron chi connectivity index (χ3n) is 2.13. The van der Waals surface area contributed by atoms with Gasteiger partial charge in [-0.15, -0.1) is 0 Å². The predicted molar refractivity (Wildman–Crippen MR) is 74.6 cm³/mol. The van der Waals surface area contributed by atoms with Crippen molar-refractivity contribution in [2.75, 3.05) is 18.7 Å². The van der Waals surface area contributed by atoms with Gasteiger partial charge in [0.05, 0.1) is 22.3 Å². The van der Waals surface area contributed by atoms with Crippen LogP contribution in [0.15, 0.2) is 23.3 Å². The number of rotatable bonds is 4. The lowest BCUT2D eigenvalue weighted by atomic mass is 10.3. The van der Waals surface area contributed by atoms with Gasteiger partial charge in [-0.2, -0.15) is 5.10 Å². The molecule has 0 N–H and O–H groups in total. The van der Waals surface area contributed by atoms with E-state index in [9.17, 15) is 4.79 Å². The Hall–Kier alpha value is -1.26. The first-order valence-corrected chi connectivity index (χ1v) is 6.13. The first-order chi connectivity index (χ1) is 8.47. The normalized spacial score (nSPS) is 11.3. The molecule has 0 radical (unpaired) electrons. The fourth-order valence-electron chi connectivity index (χ4n) is 1.35. The number of ether oxygens (including phenoxy) is 1. The van der Waals surface area contributed by atoms with Crippen molar-refractivity contribution in [3.8, 4) is 0 Å². The first kappa shape index (κ1) is 14.8. The number of nitrogens with zero attached hydrogens (tertiary/aromatic N) is 2. The van der Waals surface area contributed by atoms with Crippen molar-refractivity contribution >= 4 is 40.6 Å². The van der Waals surface area contributed by atoms with Crippen molar-refractivity contribution in [2.24, 2.45) is 5.10 Å². The molecule has 0 saturated carbocycles. The van der Waals surface area contributed by atoms with E-state index in [1.165, 1.54) is 5.01 Å². The lowest BCUT2D eigenvalue weighted by Gasteiger charge is -2.17. The predicted octanol–water partition coefficient (Wildman–Crippen LogP) is 3.37. The lowest BCUT2D eigenvalue weighted by molar-refractivity contribution is -0.135. The van der Waals surface area contributed by atoms with Gasteiger partial charge < -0.3 is 4.74 Å². The summed E-state index contributed by atoms with van der Waals surface area (Å²) in [6, 6.07) is 5.15. The molecule has 0 aliphatic heterocycles. The van der Waals surface area contributed by atoms with Gasteiger partial charge in [0.15, 0.2) is 0 Å². The van der Waals surface area contributed by atoms with Crippen LogP contribution in [0.2, 0.25) is 10.0 Å². The molecule has 0 saturated heterocycles. The highest BCUT2D eigenvalue weighted by atomic mass is 35.5. The van der Waals surface area contributed by atoms with E-state index in [1.54, 1.807) is 39.1 Å².